The summed E-state index contributed by atoms with van der Waals surface area (Å²) in [5.74, 6) is -0.236. The van der Waals surface area contributed by atoms with Gasteiger partial charge in [-0.05, 0) is 30.3 Å². The van der Waals surface area contributed by atoms with E-state index in [-0.39, 0.29) is 12.5 Å². The molecule has 22 heavy (non-hydrogen) atoms. The first kappa shape index (κ1) is 15.0. The van der Waals surface area contributed by atoms with Crippen molar-refractivity contribution < 1.29 is 9.90 Å². The van der Waals surface area contributed by atoms with Gasteiger partial charge in [-0.15, -0.1) is 11.3 Å². The van der Waals surface area contributed by atoms with Gasteiger partial charge in [0.2, 0.25) is 0 Å². The van der Waals surface area contributed by atoms with Crippen LogP contribution in [0.5, 0.6) is 0 Å². The van der Waals surface area contributed by atoms with Gasteiger partial charge in [-0.25, -0.2) is 0 Å². The lowest BCUT2D eigenvalue weighted by atomic mass is 10.1. The molecular formula is C16H13ClN2O2S. The minimum atomic E-state index is -0.769. The fourth-order valence-electron chi connectivity index (χ4n) is 2.19. The quantitative estimate of drug-likeness (QED) is 0.769. The van der Waals surface area contributed by atoms with Crippen LogP contribution in [-0.2, 0) is 0 Å². The number of carbonyl (C=O) groups is 1. The molecule has 2 heterocycles. The molecule has 1 atom stereocenters. The van der Waals surface area contributed by atoms with Crippen molar-refractivity contribution in [2.75, 3.05) is 6.54 Å². The smallest absolute Gasteiger partial charge is 0.252 e. The Morgan fingerprint density at radius 2 is 2.14 bits per heavy atom. The third-order valence-corrected chi connectivity index (χ3v) is 4.60. The molecule has 3 aromatic rings. The van der Waals surface area contributed by atoms with Crippen LogP contribution in [0.3, 0.4) is 0 Å². The number of halogens is 1. The minimum Gasteiger partial charge on any atom is -0.386 e. The summed E-state index contributed by atoms with van der Waals surface area (Å²) in [6.07, 6.45) is 0.920. The number of carbonyl (C=O) groups excluding carboxylic acids is 1. The zero-order valence-corrected chi connectivity index (χ0v) is 13.1. The molecule has 3 rings (SSSR count). The topological polar surface area (TPSA) is 62.2 Å². The van der Waals surface area contributed by atoms with Crippen molar-refractivity contribution in [2.24, 2.45) is 0 Å². The fourth-order valence-corrected chi connectivity index (χ4v) is 3.24. The summed E-state index contributed by atoms with van der Waals surface area (Å²) < 4.78 is 0.612. The largest absolute Gasteiger partial charge is 0.386 e. The zero-order chi connectivity index (χ0) is 15.5. The molecule has 0 spiro atoms. The highest BCUT2D eigenvalue weighted by Gasteiger charge is 2.14. The van der Waals surface area contributed by atoms with Gasteiger partial charge in [0.25, 0.3) is 5.91 Å². The van der Waals surface area contributed by atoms with Crippen molar-refractivity contribution in [2.45, 2.75) is 6.10 Å². The summed E-state index contributed by atoms with van der Waals surface area (Å²) in [6, 6.07) is 12.5. The van der Waals surface area contributed by atoms with Crippen LogP contribution in [0.1, 0.15) is 21.3 Å². The Morgan fingerprint density at radius 1 is 1.27 bits per heavy atom. The van der Waals surface area contributed by atoms with Gasteiger partial charge in [0.15, 0.2) is 0 Å². The van der Waals surface area contributed by atoms with Crippen LogP contribution < -0.4 is 5.32 Å². The maximum absolute atomic E-state index is 12.3. The van der Waals surface area contributed by atoms with Crippen molar-refractivity contribution in [3.05, 3.63) is 63.4 Å². The highest BCUT2D eigenvalue weighted by Crippen LogP contribution is 2.26. The van der Waals surface area contributed by atoms with E-state index in [0.717, 1.165) is 15.8 Å². The van der Waals surface area contributed by atoms with Crippen molar-refractivity contribution in [1.82, 2.24) is 10.3 Å². The number of aliphatic hydroxyl groups is 1. The molecular weight excluding hydrogens is 320 g/mol. The molecule has 6 heteroatoms. The number of nitrogens with zero attached hydrogens (tertiary/aromatic N) is 1. The molecule has 4 nitrogen and oxygen atoms in total. The number of thiophene rings is 1. The maximum atomic E-state index is 12.3. The average molecular weight is 333 g/mol. The number of pyridine rings is 1. The number of nitrogens with one attached hydrogen (secondary N) is 1. The summed E-state index contributed by atoms with van der Waals surface area (Å²) in [5, 5.41) is 13.6. The van der Waals surface area contributed by atoms with E-state index >= 15 is 0 Å². The van der Waals surface area contributed by atoms with Crippen LogP contribution in [0.2, 0.25) is 4.34 Å². The molecule has 0 saturated heterocycles. The van der Waals surface area contributed by atoms with E-state index in [0.29, 0.717) is 9.90 Å². The van der Waals surface area contributed by atoms with Crippen molar-refractivity contribution in [3.8, 4) is 0 Å². The van der Waals surface area contributed by atoms with Gasteiger partial charge >= 0.3 is 0 Å². The van der Waals surface area contributed by atoms with Crippen molar-refractivity contribution in [1.29, 1.82) is 0 Å². The maximum Gasteiger partial charge on any atom is 0.252 e. The number of amides is 1. The molecule has 1 aromatic carbocycles. The lowest BCUT2D eigenvalue weighted by Gasteiger charge is -2.11. The lowest BCUT2D eigenvalue weighted by molar-refractivity contribution is 0.0919. The highest BCUT2D eigenvalue weighted by atomic mass is 35.5. The van der Waals surface area contributed by atoms with Crippen LogP contribution in [0.25, 0.3) is 10.9 Å². The number of hydrogen-bond acceptors (Lipinski definition) is 4. The minimum absolute atomic E-state index is 0.131. The summed E-state index contributed by atoms with van der Waals surface area (Å²) in [4.78, 5) is 17.3. The monoisotopic (exact) mass is 332 g/mol. The predicted molar refractivity (Wildman–Crippen MR) is 88.4 cm³/mol. The third kappa shape index (κ3) is 3.11. The van der Waals surface area contributed by atoms with Crippen molar-refractivity contribution >= 4 is 39.7 Å². The summed E-state index contributed by atoms with van der Waals surface area (Å²) in [7, 11) is 0. The van der Waals surface area contributed by atoms with Crippen LogP contribution in [-0.4, -0.2) is 22.5 Å². The summed E-state index contributed by atoms with van der Waals surface area (Å²) >= 11 is 7.14. The zero-order valence-electron chi connectivity index (χ0n) is 11.5. The Bertz CT molecular complexity index is 813. The van der Waals surface area contributed by atoms with E-state index in [1.54, 1.807) is 36.5 Å². The van der Waals surface area contributed by atoms with E-state index in [1.807, 2.05) is 12.1 Å². The highest BCUT2D eigenvalue weighted by molar-refractivity contribution is 7.16. The molecule has 2 N–H and O–H groups in total. The lowest BCUT2D eigenvalue weighted by Crippen LogP contribution is -2.28. The second-order valence-electron chi connectivity index (χ2n) is 4.74. The number of benzene rings is 1. The van der Waals surface area contributed by atoms with Gasteiger partial charge in [0, 0.05) is 28.6 Å². The van der Waals surface area contributed by atoms with Gasteiger partial charge in [-0.3, -0.25) is 9.78 Å². The van der Waals surface area contributed by atoms with Gasteiger partial charge in [-0.2, -0.15) is 0 Å². The average Bonchev–Trinajstić information content (AvgIpc) is 2.98. The number of hydrogen-bond donors (Lipinski definition) is 2. The molecule has 112 valence electrons. The molecule has 0 fully saturated rings. The molecule has 0 aliphatic heterocycles. The van der Waals surface area contributed by atoms with Crippen LogP contribution in [0.4, 0.5) is 0 Å². The van der Waals surface area contributed by atoms with E-state index in [4.69, 9.17) is 11.6 Å². The molecule has 0 aliphatic rings. The number of aromatic nitrogens is 1. The molecule has 1 unspecified atom stereocenters. The molecule has 0 radical (unpaired) electrons. The van der Waals surface area contributed by atoms with E-state index in [2.05, 4.69) is 10.3 Å². The van der Waals surface area contributed by atoms with Crippen molar-refractivity contribution in [3.63, 3.8) is 0 Å². The number of fused-ring (bicyclic) bond motifs is 1. The van der Waals surface area contributed by atoms with Crippen LogP contribution in [0.15, 0.2) is 48.7 Å². The van der Waals surface area contributed by atoms with Gasteiger partial charge in [0.05, 0.1) is 9.85 Å². The fraction of sp³-hybridized carbons (Fsp3) is 0.125. The first-order valence-electron chi connectivity index (χ1n) is 6.70. The Balaban J connectivity index is 1.74. The summed E-state index contributed by atoms with van der Waals surface area (Å²) in [6.45, 7) is 0.131. The molecule has 0 bridgehead atoms. The normalized spacial score (nSPS) is 12.3. The molecule has 1 amide bonds. The van der Waals surface area contributed by atoms with Crippen LogP contribution >= 0.6 is 22.9 Å². The Labute approximate surface area is 136 Å². The summed E-state index contributed by atoms with van der Waals surface area (Å²) in [5.41, 5.74) is 1.31. The molecule has 0 saturated carbocycles. The first-order chi connectivity index (χ1) is 10.6. The van der Waals surface area contributed by atoms with Gasteiger partial charge in [0.1, 0.15) is 6.10 Å². The number of rotatable bonds is 4. The predicted octanol–water partition coefficient (Wildman–Crippen LogP) is 3.41. The standard InChI is InChI=1S/C16H13ClN2O2S/c17-15-7-6-14(22-15)13(20)9-19-16(21)11-3-1-5-12-10(11)4-2-8-18-12/h1-8,13,20H,9H2,(H,19,21). The Morgan fingerprint density at radius 3 is 2.91 bits per heavy atom. The van der Waals surface area contributed by atoms with E-state index in [9.17, 15) is 9.90 Å². The number of aliphatic hydroxyl groups excluding tert-OH is 1. The SMILES string of the molecule is O=C(NCC(O)c1ccc(Cl)s1)c1cccc2ncccc12. The first-order valence-corrected chi connectivity index (χ1v) is 7.90. The van der Waals surface area contributed by atoms with Gasteiger partial charge < -0.3 is 10.4 Å². The second kappa shape index (κ2) is 6.44. The second-order valence-corrected chi connectivity index (χ2v) is 6.49. The van der Waals surface area contributed by atoms with E-state index < -0.39 is 6.10 Å². The molecule has 2 aromatic heterocycles. The van der Waals surface area contributed by atoms with Gasteiger partial charge in [-0.1, -0.05) is 23.7 Å². The van der Waals surface area contributed by atoms with Crippen LogP contribution in [0, 0.1) is 0 Å². The Kier molecular flexibility index (Phi) is 4.38. The third-order valence-electron chi connectivity index (χ3n) is 3.27. The Hall–Kier alpha value is -1.95. The molecule has 0 aliphatic carbocycles. The van der Waals surface area contributed by atoms with E-state index in [1.165, 1.54) is 11.3 Å².